The number of aliphatic hydroxyl groups is 6. The molecule has 17 atom stereocenters. The second-order valence-electron chi connectivity index (χ2n) is 23.5. The standard InChI is InChI=1S/C55H108O16S/c1-37(2)17-11-19-39(5)21-13-23-41(7)25-15-27-43(9)29-31-65-35-45(66-32-30-44(10)28-16-26-42(8)24-14-22-40(6)20-12-18-38(3)4)36-67-54-52(50(60)48(58)46(33-56)68-54)70-55-53(71-72(62,63)64)51(61)49(59)47(34-57)69-55/h37-61H,11-36H2,1-10H3,(H,62,63,64)/t39?,40?,41?,42?,43?,44?,45-,46+,47+,48+,49+,50?,51?,52?,53?,54-,55+/m0/s1. The first-order chi connectivity index (χ1) is 34.0. The third-order valence-corrected chi connectivity index (χ3v) is 15.6. The summed E-state index contributed by atoms with van der Waals surface area (Å²) in [5.74, 6) is 5.42. The van der Waals surface area contributed by atoms with Crippen LogP contribution in [0.1, 0.15) is 198 Å². The van der Waals surface area contributed by atoms with Gasteiger partial charge in [0.2, 0.25) is 0 Å². The Bertz CT molecular complexity index is 1440. The van der Waals surface area contributed by atoms with Crippen molar-refractivity contribution in [1.29, 1.82) is 0 Å². The average molecular weight is 1060 g/mol. The van der Waals surface area contributed by atoms with Gasteiger partial charge in [0.05, 0.1) is 26.4 Å². The van der Waals surface area contributed by atoms with E-state index in [2.05, 4.69) is 73.4 Å². The summed E-state index contributed by atoms with van der Waals surface area (Å²) in [6.07, 6.45) is 6.15. The molecular formula is C55H108O16S. The average Bonchev–Trinajstić information content (AvgIpc) is 3.30. The Kier molecular flexibility index (Phi) is 34.9. The minimum absolute atomic E-state index is 0.144. The number of hydrogen-bond acceptors (Lipinski definition) is 15. The topological polar surface area (TPSA) is 240 Å². The summed E-state index contributed by atoms with van der Waals surface area (Å²) in [4.78, 5) is 0. The summed E-state index contributed by atoms with van der Waals surface area (Å²) in [6.45, 7) is 22.6. The Morgan fingerprint density at radius 1 is 0.458 bits per heavy atom. The van der Waals surface area contributed by atoms with Gasteiger partial charge in [-0.1, -0.05) is 185 Å². The third-order valence-electron chi connectivity index (χ3n) is 15.2. The fraction of sp³-hybridized carbons (Fsp3) is 1.00. The molecule has 0 spiro atoms. The number of hydrogen-bond donors (Lipinski definition) is 7. The summed E-state index contributed by atoms with van der Waals surface area (Å²) in [5.41, 5.74) is 0. The molecule has 0 aliphatic carbocycles. The molecule has 0 radical (unpaired) electrons. The Labute approximate surface area is 437 Å². The fourth-order valence-electron chi connectivity index (χ4n) is 10.1. The Balaban J connectivity index is 2.03. The predicted octanol–water partition coefficient (Wildman–Crippen LogP) is 8.79. The third kappa shape index (κ3) is 28.7. The molecule has 2 saturated heterocycles. The first-order valence-corrected chi connectivity index (χ1v) is 29.8. The van der Waals surface area contributed by atoms with E-state index in [1.54, 1.807) is 0 Å². The van der Waals surface area contributed by atoms with Gasteiger partial charge in [0.25, 0.3) is 0 Å². The van der Waals surface area contributed by atoms with Gasteiger partial charge in [0.1, 0.15) is 48.8 Å². The van der Waals surface area contributed by atoms with Gasteiger partial charge in [0.15, 0.2) is 18.7 Å². The van der Waals surface area contributed by atoms with Crippen LogP contribution in [0, 0.1) is 47.3 Å². The molecule has 0 aromatic heterocycles. The number of rotatable bonds is 42. The van der Waals surface area contributed by atoms with Crippen LogP contribution in [-0.2, 0) is 43.0 Å². The van der Waals surface area contributed by atoms with Crippen molar-refractivity contribution in [3.05, 3.63) is 0 Å². The Morgan fingerprint density at radius 2 is 0.819 bits per heavy atom. The molecule has 0 saturated carbocycles. The summed E-state index contributed by atoms with van der Waals surface area (Å²) < 4.78 is 73.7. The van der Waals surface area contributed by atoms with Crippen molar-refractivity contribution < 1.29 is 76.2 Å². The lowest BCUT2D eigenvalue weighted by atomic mass is 9.91. The SMILES string of the molecule is CC(C)CCCC(C)CCCC(C)CCCC(C)CCOC[C@@H](CO[C@H]1O[C@H](CO)[C@@H](O)C(O)C1O[C@H]1O[C@H](CO)[C@@H](O)C(O)C1OS(=O)(=O)O)OCCC(C)CCCC(C)CCCC(C)CCCC(C)C. The maximum atomic E-state index is 11.8. The van der Waals surface area contributed by atoms with Crippen LogP contribution in [0.3, 0.4) is 0 Å². The van der Waals surface area contributed by atoms with Crippen molar-refractivity contribution in [2.75, 3.05) is 39.6 Å². The van der Waals surface area contributed by atoms with Crippen molar-refractivity contribution >= 4 is 10.4 Å². The van der Waals surface area contributed by atoms with Crippen molar-refractivity contribution in [2.45, 2.75) is 265 Å². The fourth-order valence-corrected chi connectivity index (χ4v) is 10.5. The highest BCUT2D eigenvalue weighted by Gasteiger charge is 2.53. The quantitative estimate of drug-likeness (QED) is 0.0223. The van der Waals surface area contributed by atoms with E-state index in [1.807, 2.05) is 0 Å². The van der Waals surface area contributed by atoms with Gasteiger partial charge in [-0.15, -0.1) is 0 Å². The molecule has 17 heteroatoms. The molecule has 0 amide bonds. The van der Waals surface area contributed by atoms with Gasteiger partial charge in [-0.25, -0.2) is 4.18 Å². The van der Waals surface area contributed by atoms with Crippen molar-refractivity contribution in [3.8, 4) is 0 Å². The Hall–Kier alpha value is -0.610. The van der Waals surface area contributed by atoms with Crippen LogP contribution in [0.15, 0.2) is 0 Å². The molecule has 2 heterocycles. The lowest BCUT2D eigenvalue weighted by Crippen LogP contribution is -2.65. The van der Waals surface area contributed by atoms with E-state index in [4.69, 9.17) is 28.4 Å². The zero-order valence-electron chi connectivity index (χ0n) is 46.6. The first kappa shape index (κ1) is 67.5. The first-order valence-electron chi connectivity index (χ1n) is 28.4. The highest BCUT2D eigenvalue weighted by atomic mass is 32.3. The normalized spacial score (nSPS) is 28.3. The van der Waals surface area contributed by atoms with Gasteiger partial charge in [-0.3, -0.25) is 4.55 Å². The van der Waals surface area contributed by atoms with Crippen LogP contribution in [0.25, 0.3) is 0 Å². The molecule has 16 nitrogen and oxygen atoms in total. The van der Waals surface area contributed by atoms with E-state index < -0.39 is 91.1 Å². The van der Waals surface area contributed by atoms with Crippen LogP contribution in [0.5, 0.6) is 0 Å². The number of aliphatic hydroxyl groups excluding tert-OH is 6. The van der Waals surface area contributed by atoms with Crippen LogP contribution < -0.4 is 0 Å². The van der Waals surface area contributed by atoms with Crippen molar-refractivity contribution in [2.24, 2.45) is 47.3 Å². The molecule has 2 aliphatic heterocycles. The maximum Gasteiger partial charge on any atom is 0.397 e. The second-order valence-corrected chi connectivity index (χ2v) is 24.5. The van der Waals surface area contributed by atoms with Crippen LogP contribution in [0.2, 0.25) is 0 Å². The molecule has 430 valence electrons. The molecule has 7 N–H and O–H groups in total. The van der Waals surface area contributed by atoms with E-state index in [9.17, 15) is 43.6 Å². The van der Waals surface area contributed by atoms with Crippen LogP contribution >= 0.6 is 0 Å². The van der Waals surface area contributed by atoms with Crippen LogP contribution in [0.4, 0.5) is 0 Å². The summed E-state index contributed by atoms with van der Waals surface area (Å²) in [7, 11) is -5.25. The largest absolute Gasteiger partial charge is 0.397 e. The van der Waals surface area contributed by atoms with Gasteiger partial charge in [-0.05, 0) is 60.2 Å². The van der Waals surface area contributed by atoms with Gasteiger partial charge < -0.3 is 59.1 Å². The molecule has 72 heavy (non-hydrogen) atoms. The molecule has 0 aromatic rings. The highest BCUT2D eigenvalue weighted by molar-refractivity contribution is 7.80. The zero-order valence-corrected chi connectivity index (χ0v) is 47.4. The van der Waals surface area contributed by atoms with E-state index >= 15 is 0 Å². The van der Waals surface area contributed by atoms with Gasteiger partial charge >= 0.3 is 10.4 Å². The van der Waals surface area contributed by atoms with Crippen LogP contribution in [-0.4, -0.2) is 151 Å². The molecule has 2 fully saturated rings. The minimum atomic E-state index is -5.25. The van der Waals surface area contributed by atoms with Gasteiger partial charge in [-0.2, -0.15) is 8.42 Å². The van der Waals surface area contributed by atoms with E-state index in [0.29, 0.717) is 36.9 Å². The van der Waals surface area contributed by atoms with E-state index in [0.717, 1.165) is 55.8 Å². The monoisotopic (exact) mass is 1060 g/mol. The number of ether oxygens (including phenoxy) is 6. The zero-order chi connectivity index (χ0) is 53.8. The smallest absolute Gasteiger partial charge is 0.394 e. The van der Waals surface area contributed by atoms with E-state index in [1.165, 1.54) is 96.3 Å². The summed E-state index contributed by atoms with van der Waals surface area (Å²) in [5, 5.41) is 63.1. The van der Waals surface area contributed by atoms with Crippen molar-refractivity contribution in [1.82, 2.24) is 0 Å². The lowest BCUT2D eigenvalue weighted by molar-refractivity contribution is -0.366. The molecule has 0 aromatic carbocycles. The highest BCUT2D eigenvalue weighted by Crippen LogP contribution is 2.32. The lowest BCUT2D eigenvalue weighted by Gasteiger charge is -2.46. The molecule has 2 aliphatic rings. The predicted molar refractivity (Wildman–Crippen MR) is 280 cm³/mol. The molecular weight excluding hydrogens is 949 g/mol. The van der Waals surface area contributed by atoms with Crippen molar-refractivity contribution in [3.63, 3.8) is 0 Å². The molecule has 10 unspecified atom stereocenters. The molecule has 0 bridgehead atoms. The second kappa shape index (κ2) is 37.2. The maximum absolute atomic E-state index is 11.8. The Morgan fingerprint density at radius 3 is 1.21 bits per heavy atom. The van der Waals surface area contributed by atoms with E-state index in [-0.39, 0.29) is 13.2 Å². The minimum Gasteiger partial charge on any atom is -0.394 e. The molecule has 2 rings (SSSR count). The summed E-state index contributed by atoms with van der Waals surface area (Å²) >= 11 is 0. The summed E-state index contributed by atoms with van der Waals surface area (Å²) in [6, 6.07) is 0. The van der Waals surface area contributed by atoms with Gasteiger partial charge in [0, 0.05) is 13.2 Å².